The number of benzene rings is 2. The molecule has 3 rings (SSSR count). The number of nitro benzene ring substituents is 2. The van der Waals surface area contributed by atoms with Crippen LogP contribution < -0.4 is 5.56 Å². The van der Waals surface area contributed by atoms with Gasteiger partial charge in [0.25, 0.3) is 11.2 Å². The molecular formula is C18H15N5O6. The molecule has 0 bridgehead atoms. The van der Waals surface area contributed by atoms with Crippen molar-refractivity contribution < 1.29 is 15.0 Å². The number of aryl methyl sites for hydroxylation is 2. The standard InChI is InChI=1S/C18H15N5O6/c1-10-5-3-4-6-15(10)21-18(25)13(11(2)20-21)9-19-14-7-12(22(26)27)8-16(17(14)24)23(28)29/h3-9,20,24H,1-2H3. The van der Waals surface area contributed by atoms with Gasteiger partial charge in [-0.15, -0.1) is 0 Å². The highest BCUT2D eigenvalue weighted by atomic mass is 16.6. The van der Waals surface area contributed by atoms with Crippen LogP contribution in [-0.2, 0) is 0 Å². The molecule has 0 aliphatic heterocycles. The van der Waals surface area contributed by atoms with Crippen LogP contribution in [0.4, 0.5) is 17.1 Å². The number of aromatic nitrogens is 2. The van der Waals surface area contributed by atoms with Crippen LogP contribution in [0.1, 0.15) is 16.8 Å². The average Bonchev–Trinajstić information content (AvgIpc) is 2.94. The second-order valence-corrected chi connectivity index (χ2v) is 6.18. The molecule has 1 heterocycles. The first-order valence-electron chi connectivity index (χ1n) is 8.28. The van der Waals surface area contributed by atoms with Crippen molar-refractivity contribution in [3.8, 4) is 11.4 Å². The number of non-ortho nitro benzene ring substituents is 1. The minimum atomic E-state index is -0.950. The van der Waals surface area contributed by atoms with Crippen molar-refractivity contribution in [2.45, 2.75) is 13.8 Å². The predicted octanol–water partition coefficient (Wildman–Crippen LogP) is 3.06. The minimum absolute atomic E-state index is 0.141. The number of para-hydroxylation sites is 1. The van der Waals surface area contributed by atoms with E-state index in [0.717, 1.165) is 17.8 Å². The summed E-state index contributed by atoms with van der Waals surface area (Å²) in [4.78, 5) is 36.9. The molecule has 148 valence electrons. The summed E-state index contributed by atoms with van der Waals surface area (Å²) in [5.74, 6) is -0.829. The van der Waals surface area contributed by atoms with Gasteiger partial charge in [-0.05, 0) is 25.5 Å². The first-order chi connectivity index (χ1) is 13.7. The normalized spacial score (nSPS) is 11.1. The van der Waals surface area contributed by atoms with E-state index in [1.165, 1.54) is 4.68 Å². The van der Waals surface area contributed by atoms with E-state index in [0.29, 0.717) is 17.4 Å². The van der Waals surface area contributed by atoms with Crippen LogP contribution in [0.3, 0.4) is 0 Å². The number of rotatable bonds is 5. The smallest absolute Gasteiger partial charge is 0.319 e. The molecule has 2 N–H and O–H groups in total. The molecule has 29 heavy (non-hydrogen) atoms. The van der Waals surface area contributed by atoms with Gasteiger partial charge in [0, 0.05) is 18.0 Å². The summed E-state index contributed by atoms with van der Waals surface area (Å²) >= 11 is 0. The van der Waals surface area contributed by atoms with E-state index < -0.39 is 38.2 Å². The van der Waals surface area contributed by atoms with E-state index in [2.05, 4.69) is 10.1 Å². The van der Waals surface area contributed by atoms with Crippen LogP contribution in [0.25, 0.3) is 5.69 Å². The highest BCUT2D eigenvalue weighted by Gasteiger charge is 2.23. The molecule has 1 aromatic heterocycles. The Bertz CT molecular complexity index is 1220. The van der Waals surface area contributed by atoms with Crippen molar-refractivity contribution in [3.05, 3.63) is 83.8 Å². The van der Waals surface area contributed by atoms with E-state index in [1.807, 2.05) is 19.1 Å². The number of phenols is 1. The largest absolute Gasteiger partial charge is 0.501 e. The lowest BCUT2D eigenvalue weighted by Crippen LogP contribution is -2.18. The van der Waals surface area contributed by atoms with Gasteiger partial charge in [0.05, 0.1) is 27.2 Å². The highest BCUT2D eigenvalue weighted by Crippen LogP contribution is 2.39. The molecule has 0 saturated heterocycles. The number of nitrogens with one attached hydrogen (secondary N) is 1. The number of aromatic hydroxyl groups is 1. The number of H-pyrrole nitrogens is 1. The third-order valence-corrected chi connectivity index (χ3v) is 4.27. The molecule has 0 unspecified atom stereocenters. The zero-order valence-electron chi connectivity index (χ0n) is 15.3. The average molecular weight is 397 g/mol. The second kappa shape index (κ2) is 7.38. The Hall–Kier alpha value is -4.28. The molecule has 3 aromatic rings. The van der Waals surface area contributed by atoms with E-state index in [9.17, 15) is 30.1 Å². The van der Waals surface area contributed by atoms with Crippen molar-refractivity contribution in [2.24, 2.45) is 4.99 Å². The molecule has 0 fully saturated rings. The van der Waals surface area contributed by atoms with Crippen molar-refractivity contribution in [1.82, 2.24) is 9.78 Å². The Labute approximate surface area is 162 Å². The number of nitrogens with zero attached hydrogens (tertiary/aromatic N) is 4. The van der Waals surface area contributed by atoms with E-state index in [-0.39, 0.29) is 5.56 Å². The van der Waals surface area contributed by atoms with Crippen LogP contribution in [0.15, 0.2) is 46.2 Å². The number of nitro groups is 2. The number of aliphatic imine (C=N–C) groups is 1. The van der Waals surface area contributed by atoms with Crippen molar-refractivity contribution in [2.75, 3.05) is 0 Å². The van der Waals surface area contributed by atoms with Gasteiger partial charge in [0.15, 0.2) is 0 Å². The molecule has 11 heteroatoms. The van der Waals surface area contributed by atoms with Crippen molar-refractivity contribution in [1.29, 1.82) is 0 Å². The highest BCUT2D eigenvalue weighted by molar-refractivity contribution is 5.85. The van der Waals surface area contributed by atoms with Gasteiger partial charge in [-0.25, -0.2) is 4.68 Å². The quantitative estimate of drug-likeness (QED) is 0.383. The summed E-state index contributed by atoms with van der Waals surface area (Å²) in [6.45, 7) is 3.47. The lowest BCUT2D eigenvalue weighted by atomic mass is 10.2. The molecule has 0 atom stereocenters. The Balaban J connectivity index is 2.10. The summed E-state index contributed by atoms with van der Waals surface area (Å²) in [5, 5.41) is 35.0. The molecule has 0 aliphatic rings. The number of aromatic amines is 1. The molecular weight excluding hydrogens is 382 g/mol. The van der Waals surface area contributed by atoms with Gasteiger partial charge in [-0.3, -0.25) is 35.1 Å². The van der Waals surface area contributed by atoms with Gasteiger partial charge < -0.3 is 5.11 Å². The molecule has 0 amide bonds. The third-order valence-electron chi connectivity index (χ3n) is 4.27. The number of hydrogen-bond donors (Lipinski definition) is 2. The zero-order valence-corrected chi connectivity index (χ0v) is 15.3. The summed E-state index contributed by atoms with van der Waals surface area (Å²) in [5.41, 5.74) is -0.198. The fourth-order valence-corrected chi connectivity index (χ4v) is 2.76. The molecule has 2 aromatic carbocycles. The van der Waals surface area contributed by atoms with Crippen LogP contribution in [0.5, 0.6) is 5.75 Å². The Morgan fingerprint density at radius 3 is 2.45 bits per heavy atom. The maximum absolute atomic E-state index is 12.8. The minimum Gasteiger partial charge on any atom is -0.501 e. The molecule has 0 radical (unpaired) electrons. The first kappa shape index (κ1) is 19.5. The van der Waals surface area contributed by atoms with E-state index in [1.54, 1.807) is 19.1 Å². The Morgan fingerprint density at radius 1 is 1.14 bits per heavy atom. The van der Waals surface area contributed by atoms with Crippen LogP contribution in [0.2, 0.25) is 0 Å². The van der Waals surface area contributed by atoms with Gasteiger partial charge in [-0.1, -0.05) is 18.2 Å². The molecule has 0 aliphatic carbocycles. The lowest BCUT2D eigenvalue weighted by Gasteiger charge is -2.04. The van der Waals surface area contributed by atoms with Crippen LogP contribution >= 0.6 is 0 Å². The fourth-order valence-electron chi connectivity index (χ4n) is 2.76. The van der Waals surface area contributed by atoms with E-state index in [4.69, 9.17) is 0 Å². The van der Waals surface area contributed by atoms with Gasteiger partial charge in [-0.2, -0.15) is 0 Å². The summed E-state index contributed by atoms with van der Waals surface area (Å²) in [7, 11) is 0. The van der Waals surface area contributed by atoms with Crippen molar-refractivity contribution >= 4 is 23.3 Å². The Morgan fingerprint density at radius 2 is 1.83 bits per heavy atom. The monoisotopic (exact) mass is 397 g/mol. The van der Waals surface area contributed by atoms with Gasteiger partial charge in [0.2, 0.25) is 5.75 Å². The summed E-state index contributed by atoms with van der Waals surface area (Å²) in [6, 6.07) is 8.73. The van der Waals surface area contributed by atoms with E-state index >= 15 is 0 Å². The lowest BCUT2D eigenvalue weighted by molar-refractivity contribution is -0.394. The SMILES string of the molecule is Cc1ccccc1-n1[nH]c(C)c(C=Nc2cc([N+](=O)[O-])cc([N+](=O)[O-])c2O)c1=O. The van der Waals surface area contributed by atoms with Crippen LogP contribution in [0, 0.1) is 34.1 Å². The third kappa shape index (κ3) is 3.60. The fraction of sp³-hybridized carbons (Fsp3) is 0.111. The maximum Gasteiger partial charge on any atom is 0.319 e. The summed E-state index contributed by atoms with van der Waals surface area (Å²) < 4.78 is 1.32. The second-order valence-electron chi connectivity index (χ2n) is 6.18. The first-order valence-corrected chi connectivity index (χ1v) is 8.28. The topological polar surface area (TPSA) is 157 Å². The summed E-state index contributed by atoms with van der Waals surface area (Å²) in [6.07, 6.45) is 1.10. The molecule has 0 spiro atoms. The molecule has 11 nitrogen and oxygen atoms in total. The van der Waals surface area contributed by atoms with Crippen molar-refractivity contribution in [3.63, 3.8) is 0 Å². The Kier molecular flexibility index (Phi) is 4.96. The predicted molar refractivity (Wildman–Crippen MR) is 105 cm³/mol. The maximum atomic E-state index is 12.8. The number of phenolic OH excluding ortho intramolecular Hbond substituents is 1. The van der Waals surface area contributed by atoms with Crippen LogP contribution in [-0.4, -0.2) is 30.9 Å². The molecule has 0 saturated carbocycles. The zero-order chi connectivity index (χ0) is 21.3. The van der Waals surface area contributed by atoms with Gasteiger partial charge >= 0.3 is 5.69 Å². The van der Waals surface area contributed by atoms with Gasteiger partial charge in [0.1, 0.15) is 5.69 Å². The number of hydrogen-bond acceptors (Lipinski definition) is 7.